The molecule has 1 aliphatic rings. The fourth-order valence-corrected chi connectivity index (χ4v) is 3.60. The lowest BCUT2D eigenvalue weighted by molar-refractivity contribution is -0.137. The third-order valence-electron chi connectivity index (χ3n) is 4.88. The molecule has 0 spiro atoms. The van der Waals surface area contributed by atoms with Crippen LogP contribution in [-0.4, -0.2) is 54.3 Å². The molecule has 0 bridgehead atoms. The lowest BCUT2D eigenvalue weighted by Gasteiger charge is -2.41. The van der Waals surface area contributed by atoms with Gasteiger partial charge < -0.3 is 15.1 Å². The topological polar surface area (TPSA) is 52.7 Å². The Morgan fingerprint density at radius 1 is 1.07 bits per heavy atom. The molecule has 2 atom stereocenters. The van der Waals surface area contributed by atoms with Crippen molar-refractivity contribution < 1.29 is 9.59 Å². The quantitative estimate of drug-likeness (QED) is 0.812. The van der Waals surface area contributed by atoms with Gasteiger partial charge in [0.05, 0.1) is 6.04 Å². The monoisotopic (exact) mass is 429 g/mol. The Morgan fingerprint density at radius 2 is 1.74 bits per heavy atom. The molecule has 27 heavy (non-hydrogen) atoms. The van der Waals surface area contributed by atoms with Crippen LogP contribution in [0, 0.1) is 0 Å². The van der Waals surface area contributed by atoms with E-state index in [9.17, 15) is 9.59 Å². The lowest BCUT2D eigenvalue weighted by Crippen LogP contribution is -2.54. The highest BCUT2D eigenvalue weighted by molar-refractivity contribution is 9.10. The molecule has 2 aromatic rings. The molecular weight excluding hydrogens is 406 g/mol. The van der Waals surface area contributed by atoms with Gasteiger partial charge >= 0.3 is 0 Å². The molecule has 1 heterocycles. The summed E-state index contributed by atoms with van der Waals surface area (Å²) >= 11 is 3.36. The van der Waals surface area contributed by atoms with Gasteiger partial charge in [-0.3, -0.25) is 9.59 Å². The minimum Gasteiger partial charge on any atom is -0.341 e. The van der Waals surface area contributed by atoms with E-state index in [-0.39, 0.29) is 17.9 Å². The first kappa shape index (κ1) is 19.6. The molecule has 0 saturated carbocycles. The van der Waals surface area contributed by atoms with Crippen molar-refractivity contribution in [1.29, 1.82) is 0 Å². The van der Waals surface area contributed by atoms with Crippen LogP contribution >= 0.6 is 15.9 Å². The van der Waals surface area contributed by atoms with E-state index >= 15 is 0 Å². The molecule has 3 rings (SSSR count). The number of benzene rings is 2. The number of rotatable bonds is 4. The van der Waals surface area contributed by atoms with E-state index in [1.54, 1.807) is 19.1 Å². The van der Waals surface area contributed by atoms with Crippen LogP contribution in [0.5, 0.6) is 0 Å². The molecule has 1 fully saturated rings. The van der Waals surface area contributed by atoms with Gasteiger partial charge in [-0.2, -0.15) is 0 Å². The molecule has 2 amide bonds. The van der Waals surface area contributed by atoms with Crippen molar-refractivity contribution in [1.82, 2.24) is 15.1 Å². The summed E-state index contributed by atoms with van der Waals surface area (Å²) in [5.41, 5.74) is 1.65. The van der Waals surface area contributed by atoms with E-state index in [0.717, 1.165) is 23.1 Å². The summed E-state index contributed by atoms with van der Waals surface area (Å²) in [6.45, 7) is 4.00. The SMILES string of the molecule is C[C@@H](NC(=O)c1ccc(Br)cc1)C(=O)N1CCN(C)C[C@H]1c1ccccc1. The normalized spacial score (nSPS) is 18.8. The van der Waals surface area contributed by atoms with E-state index in [0.29, 0.717) is 12.1 Å². The van der Waals surface area contributed by atoms with E-state index in [4.69, 9.17) is 0 Å². The molecular formula is C21H24BrN3O2. The molecule has 5 nitrogen and oxygen atoms in total. The lowest BCUT2D eigenvalue weighted by atomic mass is 10.0. The summed E-state index contributed by atoms with van der Waals surface area (Å²) in [6, 6.07) is 16.6. The summed E-state index contributed by atoms with van der Waals surface area (Å²) < 4.78 is 0.909. The van der Waals surface area contributed by atoms with Gasteiger partial charge in [-0.05, 0) is 43.8 Å². The predicted molar refractivity (Wildman–Crippen MR) is 109 cm³/mol. The Hall–Kier alpha value is -2.18. The van der Waals surface area contributed by atoms with Crippen molar-refractivity contribution in [3.8, 4) is 0 Å². The molecule has 2 aromatic carbocycles. The number of amides is 2. The van der Waals surface area contributed by atoms with E-state index < -0.39 is 6.04 Å². The molecule has 0 aromatic heterocycles. The number of nitrogens with one attached hydrogen (secondary N) is 1. The van der Waals surface area contributed by atoms with Crippen LogP contribution in [0.4, 0.5) is 0 Å². The third kappa shape index (κ3) is 4.76. The van der Waals surface area contributed by atoms with Gasteiger partial charge in [-0.1, -0.05) is 46.3 Å². The minimum atomic E-state index is -0.587. The largest absolute Gasteiger partial charge is 0.341 e. The average molecular weight is 430 g/mol. The molecule has 1 N–H and O–H groups in total. The highest BCUT2D eigenvalue weighted by Gasteiger charge is 2.33. The second-order valence-electron chi connectivity index (χ2n) is 6.92. The summed E-state index contributed by atoms with van der Waals surface area (Å²) in [5, 5.41) is 2.84. The molecule has 1 aliphatic heterocycles. The van der Waals surface area contributed by atoms with Crippen LogP contribution < -0.4 is 5.32 Å². The number of halogens is 1. The standard InChI is InChI=1S/C21H24BrN3O2/c1-15(23-20(26)17-8-10-18(22)11-9-17)21(27)25-13-12-24(2)14-19(25)16-6-4-3-5-7-16/h3-11,15,19H,12-14H2,1-2H3,(H,23,26)/t15-,19+/m1/s1. The Balaban J connectivity index is 1.72. The van der Waals surface area contributed by atoms with Gasteiger partial charge in [-0.25, -0.2) is 0 Å². The van der Waals surface area contributed by atoms with Crippen molar-refractivity contribution in [3.63, 3.8) is 0 Å². The zero-order chi connectivity index (χ0) is 19.4. The number of carbonyl (C=O) groups is 2. The highest BCUT2D eigenvalue weighted by atomic mass is 79.9. The number of hydrogen-bond donors (Lipinski definition) is 1. The predicted octanol–water partition coefficient (Wildman–Crippen LogP) is 3.08. The average Bonchev–Trinajstić information content (AvgIpc) is 2.68. The Morgan fingerprint density at radius 3 is 2.41 bits per heavy atom. The second-order valence-corrected chi connectivity index (χ2v) is 7.84. The summed E-state index contributed by atoms with van der Waals surface area (Å²) in [4.78, 5) is 29.7. The molecule has 0 unspecified atom stereocenters. The van der Waals surface area contributed by atoms with Crippen LogP contribution in [0.15, 0.2) is 59.1 Å². The first-order valence-corrected chi connectivity index (χ1v) is 9.85. The summed E-state index contributed by atoms with van der Waals surface area (Å²) in [5.74, 6) is -0.295. The summed E-state index contributed by atoms with van der Waals surface area (Å²) in [7, 11) is 2.07. The highest BCUT2D eigenvalue weighted by Crippen LogP contribution is 2.25. The van der Waals surface area contributed by atoms with E-state index in [1.807, 2.05) is 35.2 Å². The third-order valence-corrected chi connectivity index (χ3v) is 5.40. The molecule has 1 saturated heterocycles. The Labute approximate surface area is 168 Å². The fraction of sp³-hybridized carbons (Fsp3) is 0.333. The van der Waals surface area contributed by atoms with Gasteiger partial charge in [0.15, 0.2) is 0 Å². The van der Waals surface area contributed by atoms with Crippen molar-refractivity contribution in [2.45, 2.75) is 19.0 Å². The van der Waals surface area contributed by atoms with Crippen molar-refractivity contribution in [3.05, 3.63) is 70.2 Å². The molecule has 142 valence electrons. The fourth-order valence-electron chi connectivity index (χ4n) is 3.34. The van der Waals surface area contributed by atoms with Crippen molar-refractivity contribution in [2.75, 3.05) is 26.7 Å². The van der Waals surface area contributed by atoms with Gasteiger partial charge in [0.2, 0.25) is 5.91 Å². The zero-order valence-corrected chi connectivity index (χ0v) is 17.1. The maximum atomic E-state index is 13.1. The summed E-state index contributed by atoms with van der Waals surface area (Å²) in [6.07, 6.45) is 0. The van der Waals surface area contributed by atoms with E-state index in [1.165, 1.54) is 0 Å². The van der Waals surface area contributed by atoms with Gasteiger partial charge in [0.1, 0.15) is 6.04 Å². The van der Waals surface area contributed by atoms with E-state index in [2.05, 4.69) is 45.3 Å². The molecule has 6 heteroatoms. The first-order valence-electron chi connectivity index (χ1n) is 9.06. The zero-order valence-electron chi connectivity index (χ0n) is 15.6. The maximum Gasteiger partial charge on any atom is 0.251 e. The molecule has 0 aliphatic carbocycles. The van der Waals surface area contributed by atoms with Crippen molar-refractivity contribution in [2.24, 2.45) is 0 Å². The number of nitrogens with zero attached hydrogens (tertiary/aromatic N) is 2. The Kier molecular flexibility index (Phi) is 6.29. The van der Waals surface area contributed by atoms with Crippen LogP contribution in [-0.2, 0) is 4.79 Å². The van der Waals surface area contributed by atoms with Crippen LogP contribution in [0.1, 0.15) is 28.9 Å². The number of piperazine rings is 1. The van der Waals surface area contributed by atoms with Gasteiger partial charge in [0.25, 0.3) is 5.91 Å². The smallest absolute Gasteiger partial charge is 0.251 e. The first-order chi connectivity index (χ1) is 13.0. The van der Waals surface area contributed by atoms with Gasteiger partial charge in [0, 0.05) is 29.7 Å². The number of likely N-dealkylation sites (N-methyl/N-ethyl adjacent to an activating group) is 1. The second kappa shape index (κ2) is 8.67. The minimum absolute atomic E-state index is 0.00974. The molecule has 0 radical (unpaired) electrons. The maximum absolute atomic E-state index is 13.1. The van der Waals surface area contributed by atoms with Crippen LogP contribution in [0.3, 0.4) is 0 Å². The number of hydrogen-bond acceptors (Lipinski definition) is 3. The van der Waals surface area contributed by atoms with Crippen molar-refractivity contribution >= 4 is 27.7 Å². The Bertz CT molecular complexity index is 795. The van der Waals surface area contributed by atoms with Gasteiger partial charge in [-0.15, -0.1) is 0 Å². The van der Waals surface area contributed by atoms with Crippen LogP contribution in [0.2, 0.25) is 0 Å². The number of carbonyl (C=O) groups excluding carboxylic acids is 2. The van der Waals surface area contributed by atoms with Crippen LogP contribution in [0.25, 0.3) is 0 Å².